The molecule has 9 atom stereocenters. The molecule has 0 radical (unpaired) electrons. The minimum Gasteiger partial charge on any atom is -0.455 e. The second-order valence-electron chi connectivity index (χ2n) is 14.4. The van der Waals surface area contributed by atoms with Crippen LogP contribution >= 0.6 is 15.9 Å². The van der Waals surface area contributed by atoms with Gasteiger partial charge < -0.3 is 29.7 Å². The summed E-state index contributed by atoms with van der Waals surface area (Å²) >= 11 is 3.77. The number of hydrogen-bond acceptors (Lipinski definition) is 7. The molecule has 2 N–H and O–H groups in total. The summed E-state index contributed by atoms with van der Waals surface area (Å²) < 4.78 is 13.2. The third-order valence-electron chi connectivity index (χ3n) is 11.0. The number of aliphatic hydroxyl groups excluding tert-OH is 1. The molecule has 3 aromatic carbocycles. The molecule has 10 nitrogen and oxygen atoms in total. The molecule has 0 aromatic heterocycles. The molecule has 3 aliphatic heterocycles. The molecule has 6 rings (SSSR count). The van der Waals surface area contributed by atoms with Crippen LogP contribution in [0.3, 0.4) is 0 Å². The van der Waals surface area contributed by atoms with Crippen LogP contribution in [0.4, 0.5) is 5.69 Å². The smallest absolute Gasteiger partial charge is 0.313 e. The van der Waals surface area contributed by atoms with Gasteiger partial charge in [0.15, 0.2) is 0 Å². The zero-order valence-electron chi connectivity index (χ0n) is 30.9. The van der Waals surface area contributed by atoms with Gasteiger partial charge in [-0.05, 0) is 55.9 Å². The maximum atomic E-state index is 15.3. The van der Waals surface area contributed by atoms with E-state index in [9.17, 15) is 14.7 Å². The van der Waals surface area contributed by atoms with E-state index in [0.29, 0.717) is 23.2 Å². The predicted octanol–water partition coefficient (Wildman–Crippen LogP) is 6.06. The summed E-state index contributed by atoms with van der Waals surface area (Å²) in [6.07, 6.45) is 2.63. The van der Waals surface area contributed by atoms with Gasteiger partial charge in [0.2, 0.25) is 11.8 Å². The van der Waals surface area contributed by atoms with Crippen LogP contribution in [0, 0.1) is 25.7 Å². The van der Waals surface area contributed by atoms with Gasteiger partial charge in [-0.15, -0.1) is 13.2 Å². The van der Waals surface area contributed by atoms with Crippen LogP contribution in [0.15, 0.2) is 104 Å². The molecule has 3 saturated heterocycles. The van der Waals surface area contributed by atoms with Crippen molar-refractivity contribution in [3.05, 3.63) is 126 Å². The maximum Gasteiger partial charge on any atom is 0.313 e. The van der Waals surface area contributed by atoms with E-state index in [-0.39, 0.29) is 25.3 Å². The number of nitrogens with zero attached hydrogens (tertiary/aromatic N) is 2. The lowest BCUT2D eigenvalue weighted by Crippen LogP contribution is -2.58. The van der Waals surface area contributed by atoms with Crippen molar-refractivity contribution >= 4 is 45.3 Å². The van der Waals surface area contributed by atoms with Crippen molar-refractivity contribution in [3.8, 4) is 0 Å². The van der Waals surface area contributed by atoms with Gasteiger partial charge >= 0.3 is 5.97 Å². The number of esters is 1. The van der Waals surface area contributed by atoms with E-state index in [4.69, 9.17) is 9.47 Å². The Hall–Kier alpha value is -4.58. The standard InChI is InChI=1S/C43H48BrN3O7/c1-6-8-22-33(49)45-28(5)37(30-20-13-10-14-21-30)53-42(52)34-35-40(50)47(32(25-48)29-18-11-9-12-19-29)39(43(35)24-31(44)38(34)54-43)41(51)46(23-7-2)36-26(3)16-15-17-27(36)4/h6-7,9-21,28,31-32,34-35,37-39,48H,1-2,8,22-25H2,3-5H3,(H,45,49)/t28-,31?,32-,34+,35-,37-,38+,39+,43-/m1/s1. The number of hydrogen-bond donors (Lipinski definition) is 2. The molecule has 54 heavy (non-hydrogen) atoms. The van der Waals surface area contributed by atoms with Gasteiger partial charge in [-0.3, -0.25) is 19.2 Å². The van der Waals surface area contributed by atoms with Crippen LogP contribution in [-0.2, 0) is 28.7 Å². The van der Waals surface area contributed by atoms with E-state index in [2.05, 4.69) is 34.4 Å². The molecule has 0 saturated carbocycles. The average molecular weight is 799 g/mol. The number of nitrogens with one attached hydrogen (secondary N) is 1. The first-order valence-corrected chi connectivity index (χ1v) is 19.3. The zero-order chi connectivity index (χ0) is 38.7. The van der Waals surface area contributed by atoms with E-state index in [1.807, 2.05) is 80.6 Å². The fourth-order valence-electron chi connectivity index (χ4n) is 8.72. The average Bonchev–Trinajstić information content (AvgIpc) is 3.76. The quantitative estimate of drug-likeness (QED) is 0.109. The molecule has 0 aliphatic carbocycles. The van der Waals surface area contributed by atoms with Gasteiger partial charge in [-0.1, -0.05) is 107 Å². The number of fused-ring (bicyclic) bond motifs is 1. The number of anilines is 1. The lowest BCUT2D eigenvalue weighted by atomic mass is 9.70. The molecular weight excluding hydrogens is 750 g/mol. The highest BCUT2D eigenvalue weighted by Crippen LogP contribution is 2.62. The van der Waals surface area contributed by atoms with Gasteiger partial charge in [0.25, 0.3) is 5.91 Å². The monoisotopic (exact) mass is 797 g/mol. The van der Waals surface area contributed by atoms with Crippen LogP contribution in [0.2, 0.25) is 0 Å². The minimum atomic E-state index is -1.43. The Kier molecular flexibility index (Phi) is 11.9. The van der Waals surface area contributed by atoms with Crippen molar-refractivity contribution in [1.29, 1.82) is 0 Å². The molecule has 1 unspecified atom stereocenters. The van der Waals surface area contributed by atoms with Gasteiger partial charge in [0, 0.05) is 23.5 Å². The Morgan fingerprint density at radius 2 is 1.65 bits per heavy atom. The Balaban J connectivity index is 1.43. The number of halogens is 1. The fraction of sp³-hybridized carbons (Fsp3) is 0.395. The van der Waals surface area contributed by atoms with Crippen molar-refractivity contribution < 1.29 is 33.8 Å². The van der Waals surface area contributed by atoms with Crippen LogP contribution in [0.5, 0.6) is 0 Å². The first-order chi connectivity index (χ1) is 26.0. The van der Waals surface area contributed by atoms with Crippen molar-refractivity contribution in [2.24, 2.45) is 11.8 Å². The van der Waals surface area contributed by atoms with Crippen LogP contribution in [0.25, 0.3) is 0 Å². The molecule has 1 spiro atoms. The highest BCUT2D eigenvalue weighted by atomic mass is 79.9. The number of benzene rings is 3. The van der Waals surface area contributed by atoms with Crippen molar-refractivity contribution in [2.45, 2.75) is 80.8 Å². The van der Waals surface area contributed by atoms with Gasteiger partial charge in [0.1, 0.15) is 17.7 Å². The predicted molar refractivity (Wildman–Crippen MR) is 210 cm³/mol. The first kappa shape index (κ1) is 39.1. The number of aryl methyl sites for hydroxylation is 2. The third kappa shape index (κ3) is 7.05. The third-order valence-corrected chi connectivity index (χ3v) is 11.8. The SMILES string of the molecule is C=CCCC(=O)N[C@H](C)[C@@H](OC(=O)[C@@H]1[C@H]2O[C@@]3(CC2Br)[C@H](C(=O)N(CC=C)c2c(C)cccc2C)N([C@H](CO)c2ccccc2)C(=O)[C@@H]13)c1ccccc1. The van der Waals surface area contributed by atoms with Gasteiger partial charge in [-0.25, -0.2) is 0 Å². The number of amides is 3. The molecule has 3 fully saturated rings. The number of para-hydroxylation sites is 1. The number of alkyl halides is 1. The van der Waals surface area contributed by atoms with Crippen LogP contribution in [0.1, 0.15) is 60.6 Å². The molecule has 3 aliphatic rings. The molecule has 11 heteroatoms. The number of carbonyl (C=O) groups is 4. The normalized spacial score (nSPS) is 25.7. The molecule has 3 heterocycles. The summed E-state index contributed by atoms with van der Waals surface area (Å²) in [5, 5.41) is 13.9. The van der Waals surface area contributed by atoms with Crippen molar-refractivity contribution in [3.63, 3.8) is 0 Å². The summed E-state index contributed by atoms with van der Waals surface area (Å²) in [6, 6.07) is 21.3. The first-order valence-electron chi connectivity index (χ1n) is 18.4. The van der Waals surface area contributed by atoms with E-state index < -0.39 is 77.0 Å². The zero-order valence-corrected chi connectivity index (χ0v) is 32.5. The molecule has 3 aromatic rings. The van der Waals surface area contributed by atoms with Gasteiger partial charge in [-0.2, -0.15) is 0 Å². The maximum absolute atomic E-state index is 15.3. The molecular formula is C43H48BrN3O7. The minimum absolute atomic E-state index is 0.154. The summed E-state index contributed by atoms with van der Waals surface area (Å²) in [5.74, 6) is -3.93. The number of rotatable bonds is 15. The lowest BCUT2D eigenvalue weighted by Gasteiger charge is -2.40. The Morgan fingerprint density at radius 1 is 1.02 bits per heavy atom. The number of allylic oxidation sites excluding steroid dienone is 1. The van der Waals surface area contributed by atoms with E-state index >= 15 is 9.59 Å². The highest BCUT2D eigenvalue weighted by molar-refractivity contribution is 9.09. The largest absolute Gasteiger partial charge is 0.455 e. The Bertz CT molecular complexity index is 1870. The summed E-state index contributed by atoms with van der Waals surface area (Å²) in [7, 11) is 0. The molecule has 2 bridgehead atoms. The summed E-state index contributed by atoms with van der Waals surface area (Å²) in [6.45, 7) is 12.9. The van der Waals surface area contributed by atoms with E-state index in [1.54, 1.807) is 36.1 Å². The topological polar surface area (TPSA) is 125 Å². The Labute approximate surface area is 325 Å². The number of aliphatic hydroxyl groups is 1. The van der Waals surface area contributed by atoms with E-state index in [0.717, 1.165) is 11.1 Å². The molecule has 284 valence electrons. The number of ether oxygens (including phenoxy) is 2. The number of likely N-dealkylation sites (tertiary alicyclic amines) is 1. The van der Waals surface area contributed by atoms with E-state index in [1.165, 1.54) is 4.90 Å². The van der Waals surface area contributed by atoms with Crippen LogP contribution < -0.4 is 10.2 Å². The van der Waals surface area contributed by atoms with Gasteiger partial charge in [0.05, 0.1) is 36.6 Å². The Morgan fingerprint density at radius 3 is 2.24 bits per heavy atom. The second-order valence-corrected chi connectivity index (χ2v) is 15.6. The van der Waals surface area contributed by atoms with Crippen molar-refractivity contribution in [2.75, 3.05) is 18.1 Å². The van der Waals surface area contributed by atoms with Crippen molar-refractivity contribution in [1.82, 2.24) is 10.2 Å². The highest BCUT2D eigenvalue weighted by Gasteiger charge is 2.78. The summed E-state index contributed by atoms with van der Waals surface area (Å²) in [5.41, 5.74) is 2.31. The molecule has 3 amide bonds. The summed E-state index contributed by atoms with van der Waals surface area (Å²) in [4.78, 5) is 60.6. The lowest BCUT2D eigenvalue weighted by molar-refractivity contribution is -0.162. The fourth-order valence-corrected chi connectivity index (χ4v) is 9.66. The second kappa shape index (κ2) is 16.4. The van der Waals surface area contributed by atoms with Crippen LogP contribution in [-0.4, -0.2) is 75.5 Å². The number of carbonyl (C=O) groups excluding carboxylic acids is 4.